The SMILES string of the molecule is Cc1ccccc1C(=O)c1cnc(N(C2CCNCC2)S(=O)(=O)c2cccs2)s1. The third-order valence-corrected chi connectivity index (χ3v) is 9.27. The monoisotopic (exact) mass is 447 g/mol. The number of aromatic nitrogens is 1. The largest absolute Gasteiger partial charge is 0.317 e. The van der Waals surface area contributed by atoms with E-state index in [1.807, 2.05) is 25.1 Å². The highest BCUT2D eigenvalue weighted by molar-refractivity contribution is 7.95. The summed E-state index contributed by atoms with van der Waals surface area (Å²) in [5, 5.41) is 5.37. The van der Waals surface area contributed by atoms with Crippen molar-refractivity contribution in [3.8, 4) is 0 Å². The Hall–Kier alpha value is -2.07. The molecule has 0 saturated carbocycles. The zero-order valence-corrected chi connectivity index (χ0v) is 18.3. The maximum Gasteiger partial charge on any atom is 0.275 e. The molecule has 0 radical (unpaired) electrons. The fraction of sp³-hybridized carbons (Fsp3) is 0.300. The first-order valence-electron chi connectivity index (χ1n) is 9.33. The first-order valence-corrected chi connectivity index (χ1v) is 12.5. The second kappa shape index (κ2) is 8.35. The number of carbonyl (C=O) groups excluding carboxylic acids is 1. The lowest BCUT2D eigenvalue weighted by atomic mass is 10.0. The number of ketones is 1. The number of thiophene rings is 1. The van der Waals surface area contributed by atoms with Crippen molar-refractivity contribution in [3.05, 3.63) is 64.0 Å². The molecule has 0 aliphatic carbocycles. The van der Waals surface area contributed by atoms with E-state index in [0.29, 0.717) is 28.4 Å². The fourth-order valence-corrected chi connectivity index (χ4v) is 7.33. The summed E-state index contributed by atoms with van der Waals surface area (Å²) in [6.07, 6.45) is 2.89. The molecule has 1 fully saturated rings. The Balaban J connectivity index is 1.73. The van der Waals surface area contributed by atoms with Crippen LogP contribution in [0.15, 0.2) is 52.2 Å². The summed E-state index contributed by atoms with van der Waals surface area (Å²) in [5.74, 6) is -0.134. The minimum Gasteiger partial charge on any atom is -0.317 e. The lowest BCUT2D eigenvalue weighted by Crippen LogP contribution is -2.46. The predicted octanol–water partition coefficient (Wildman–Crippen LogP) is 3.69. The minimum absolute atomic E-state index is 0.134. The minimum atomic E-state index is -3.73. The summed E-state index contributed by atoms with van der Waals surface area (Å²) >= 11 is 2.33. The van der Waals surface area contributed by atoms with Gasteiger partial charge < -0.3 is 5.32 Å². The van der Waals surface area contributed by atoms with Crippen LogP contribution in [-0.2, 0) is 10.0 Å². The van der Waals surface area contributed by atoms with Crippen molar-refractivity contribution in [1.29, 1.82) is 0 Å². The van der Waals surface area contributed by atoms with Crippen molar-refractivity contribution in [2.24, 2.45) is 0 Å². The highest BCUT2D eigenvalue weighted by Crippen LogP contribution is 2.34. The van der Waals surface area contributed by atoms with E-state index in [9.17, 15) is 13.2 Å². The molecule has 1 aromatic carbocycles. The number of rotatable bonds is 6. The van der Waals surface area contributed by atoms with Gasteiger partial charge in [-0.15, -0.1) is 11.3 Å². The molecule has 6 nitrogen and oxygen atoms in total. The number of nitrogens with zero attached hydrogens (tertiary/aromatic N) is 2. The Labute approximate surface area is 178 Å². The summed E-state index contributed by atoms with van der Waals surface area (Å²) in [6.45, 7) is 3.39. The van der Waals surface area contributed by atoms with Gasteiger partial charge in [-0.3, -0.25) is 4.79 Å². The van der Waals surface area contributed by atoms with Gasteiger partial charge in [-0.2, -0.15) is 0 Å². The first kappa shape index (κ1) is 20.2. The molecule has 0 unspecified atom stereocenters. The molecule has 1 N–H and O–H groups in total. The van der Waals surface area contributed by atoms with Crippen LogP contribution in [0.5, 0.6) is 0 Å². The lowest BCUT2D eigenvalue weighted by molar-refractivity contribution is 0.104. The normalized spacial score (nSPS) is 15.3. The number of sulfonamides is 1. The Morgan fingerprint density at radius 2 is 1.93 bits per heavy atom. The van der Waals surface area contributed by atoms with E-state index in [1.165, 1.54) is 21.8 Å². The van der Waals surface area contributed by atoms with Gasteiger partial charge >= 0.3 is 0 Å². The van der Waals surface area contributed by atoms with Gasteiger partial charge in [-0.1, -0.05) is 41.7 Å². The predicted molar refractivity (Wildman–Crippen MR) is 117 cm³/mol. The van der Waals surface area contributed by atoms with Crippen LogP contribution in [0.2, 0.25) is 0 Å². The molecule has 9 heteroatoms. The van der Waals surface area contributed by atoms with Crippen molar-refractivity contribution >= 4 is 43.6 Å². The summed E-state index contributed by atoms with van der Waals surface area (Å²) in [5.41, 5.74) is 1.49. The van der Waals surface area contributed by atoms with E-state index in [0.717, 1.165) is 30.0 Å². The van der Waals surface area contributed by atoms with Crippen LogP contribution in [0.1, 0.15) is 33.6 Å². The van der Waals surface area contributed by atoms with E-state index in [-0.39, 0.29) is 16.0 Å². The van der Waals surface area contributed by atoms with Gasteiger partial charge in [0.05, 0.1) is 17.1 Å². The summed E-state index contributed by atoms with van der Waals surface area (Å²) in [7, 11) is -3.73. The number of benzene rings is 1. The van der Waals surface area contributed by atoms with Crippen molar-refractivity contribution < 1.29 is 13.2 Å². The number of piperidine rings is 1. The number of aryl methyl sites for hydroxylation is 1. The molecule has 3 aromatic rings. The molecule has 0 bridgehead atoms. The fourth-order valence-electron chi connectivity index (χ4n) is 3.44. The third kappa shape index (κ3) is 4.00. The zero-order chi connectivity index (χ0) is 20.4. The molecule has 2 aromatic heterocycles. The van der Waals surface area contributed by atoms with E-state index < -0.39 is 10.0 Å². The first-order chi connectivity index (χ1) is 14.0. The molecule has 0 amide bonds. The molecular weight excluding hydrogens is 426 g/mol. The van der Waals surface area contributed by atoms with Crippen molar-refractivity contribution in [3.63, 3.8) is 0 Å². The van der Waals surface area contributed by atoms with Crippen molar-refractivity contribution in [1.82, 2.24) is 10.3 Å². The van der Waals surface area contributed by atoms with Crippen LogP contribution < -0.4 is 9.62 Å². The topological polar surface area (TPSA) is 79.4 Å². The average molecular weight is 448 g/mol. The summed E-state index contributed by atoms with van der Waals surface area (Å²) in [6, 6.07) is 10.5. The standard InChI is InChI=1S/C20H21N3O3S3/c1-14-5-2-3-6-16(14)19(24)17-13-22-20(28-17)23(15-8-10-21-11-9-15)29(25,26)18-7-4-12-27-18/h2-7,12-13,15,21H,8-11H2,1H3. The third-order valence-electron chi connectivity index (χ3n) is 4.94. The van der Waals surface area contributed by atoms with Crippen LogP contribution >= 0.6 is 22.7 Å². The maximum atomic E-state index is 13.4. The van der Waals surface area contributed by atoms with Gasteiger partial charge in [0.25, 0.3) is 10.0 Å². The Morgan fingerprint density at radius 1 is 1.17 bits per heavy atom. The molecular formula is C20H21N3O3S3. The van der Waals surface area contributed by atoms with Gasteiger partial charge in [0.15, 0.2) is 5.13 Å². The van der Waals surface area contributed by atoms with Gasteiger partial charge in [-0.05, 0) is 49.9 Å². The number of thiazole rings is 1. The van der Waals surface area contributed by atoms with Gasteiger partial charge in [0, 0.05) is 5.56 Å². The van der Waals surface area contributed by atoms with E-state index in [4.69, 9.17) is 0 Å². The molecule has 29 heavy (non-hydrogen) atoms. The Morgan fingerprint density at radius 3 is 2.62 bits per heavy atom. The number of anilines is 1. The second-order valence-electron chi connectivity index (χ2n) is 6.87. The summed E-state index contributed by atoms with van der Waals surface area (Å²) in [4.78, 5) is 17.8. The van der Waals surface area contributed by atoms with Crippen molar-refractivity contribution in [2.45, 2.75) is 30.0 Å². The average Bonchev–Trinajstić information content (AvgIpc) is 3.42. The van der Waals surface area contributed by atoms with Crippen LogP contribution in [-0.4, -0.2) is 38.3 Å². The van der Waals surface area contributed by atoms with Gasteiger partial charge in [0.1, 0.15) is 4.21 Å². The van der Waals surface area contributed by atoms with Gasteiger partial charge in [0.2, 0.25) is 5.78 Å². The van der Waals surface area contributed by atoms with Crippen molar-refractivity contribution in [2.75, 3.05) is 17.4 Å². The second-order valence-corrected chi connectivity index (χ2v) is 10.9. The van der Waals surface area contributed by atoms with Crippen LogP contribution in [0.4, 0.5) is 5.13 Å². The molecule has 0 spiro atoms. The quantitative estimate of drug-likeness (QED) is 0.583. The van der Waals surface area contributed by atoms with Crippen LogP contribution in [0.25, 0.3) is 0 Å². The molecule has 1 saturated heterocycles. The molecule has 152 valence electrons. The Kier molecular flexibility index (Phi) is 5.82. The van der Waals surface area contributed by atoms with E-state index in [2.05, 4.69) is 10.3 Å². The highest BCUT2D eigenvalue weighted by atomic mass is 32.2. The molecule has 1 aliphatic heterocycles. The molecule has 3 heterocycles. The van der Waals surface area contributed by atoms with Gasteiger partial charge in [-0.25, -0.2) is 17.7 Å². The zero-order valence-electron chi connectivity index (χ0n) is 15.9. The van der Waals surface area contributed by atoms with Crippen LogP contribution in [0, 0.1) is 6.92 Å². The number of carbonyl (C=O) groups is 1. The summed E-state index contributed by atoms with van der Waals surface area (Å²) < 4.78 is 28.5. The molecule has 1 aliphatic rings. The van der Waals surface area contributed by atoms with E-state index in [1.54, 1.807) is 23.6 Å². The number of hydrogen-bond donors (Lipinski definition) is 1. The highest BCUT2D eigenvalue weighted by Gasteiger charge is 2.35. The molecule has 0 atom stereocenters. The van der Waals surface area contributed by atoms with E-state index >= 15 is 0 Å². The smallest absolute Gasteiger partial charge is 0.275 e. The maximum absolute atomic E-state index is 13.4. The Bertz CT molecular complexity index is 1100. The lowest BCUT2D eigenvalue weighted by Gasteiger charge is -2.33. The number of nitrogens with one attached hydrogen (secondary N) is 1. The number of hydrogen-bond acceptors (Lipinski definition) is 7. The van der Waals surface area contributed by atoms with Crippen LogP contribution in [0.3, 0.4) is 0 Å². The molecule has 4 rings (SSSR count).